The Hall–Kier alpha value is -2.24. The molecule has 6 heteroatoms. The second-order valence-corrected chi connectivity index (χ2v) is 4.96. The average Bonchev–Trinajstić information content (AvgIpc) is 2.50. The lowest BCUT2D eigenvalue weighted by Gasteiger charge is -2.12. The fraction of sp³-hybridized carbons (Fsp3) is 0.500. The topological polar surface area (TPSA) is 76.7 Å². The highest BCUT2D eigenvalue weighted by Crippen LogP contribution is 2.26. The van der Waals surface area contributed by atoms with Crippen molar-refractivity contribution in [3.05, 3.63) is 24.3 Å². The molecule has 0 fully saturated rings. The Kier molecular flexibility index (Phi) is 7.81. The number of carbonyl (C=O) groups is 2. The molecule has 0 aromatic heterocycles. The summed E-state index contributed by atoms with van der Waals surface area (Å²) in [5.74, 6) is 0.810. The van der Waals surface area contributed by atoms with Gasteiger partial charge in [-0.05, 0) is 19.1 Å². The Labute approximate surface area is 131 Å². The zero-order valence-electron chi connectivity index (χ0n) is 13.3. The number of hydrogen-bond acceptors (Lipinski definition) is 4. The van der Waals surface area contributed by atoms with Gasteiger partial charge in [-0.15, -0.1) is 0 Å². The Morgan fingerprint density at radius 3 is 2.23 bits per heavy atom. The van der Waals surface area contributed by atoms with Crippen LogP contribution in [0.15, 0.2) is 24.3 Å². The fourth-order valence-corrected chi connectivity index (χ4v) is 1.63. The van der Waals surface area contributed by atoms with Crippen molar-refractivity contribution in [1.29, 1.82) is 0 Å². The van der Waals surface area contributed by atoms with Crippen LogP contribution in [0.4, 0.5) is 0 Å². The minimum absolute atomic E-state index is 0.0314. The summed E-state index contributed by atoms with van der Waals surface area (Å²) in [6.45, 7) is 6.72. The van der Waals surface area contributed by atoms with Gasteiger partial charge >= 0.3 is 0 Å². The summed E-state index contributed by atoms with van der Waals surface area (Å²) < 4.78 is 10.9. The number of carbonyl (C=O) groups excluding carboxylic acids is 2. The van der Waals surface area contributed by atoms with Gasteiger partial charge in [0.2, 0.25) is 5.91 Å². The third-order valence-electron chi connectivity index (χ3n) is 2.78. The molecule has 6 nitrogen and oxygen atoms in total. The summed E-state index contributed by atoms with van der Waals surface area (Å²) in [5.41, 5.74) is 0. The molecule has 122 valence electrons. The van der Waals surface area contributed by atoms with Crippen LogP contribution in [0.2, 0.25) is 0 Å². The molecule has 0 unspecified atom stereocenters. The van der Waals surface area contributed by atoms with Crippen molar-refractivity contribution in [2.24, 2.45) is 5.92 Å². The van der Waals surface area contributed by atoms with E-state index in [2.05, 4.69) is 10.6 Å². The van der Waals surface area contributed by atoms with Crippen LogP contribution in [0.25, 0.3) is 0 Å². The standard InChI is InChI=1S/C16H24N2O4/c1-4-21-13-7-5-6-8-14(13)22-11-15(19)17-9-10-18-16(20)12(2)3/h5-8,12H,4,9-11H2,1-3H3,(H,17,19)(H,18,20). The maximum atomic E-state index is 11.7. The first kappa shape index (κ1) is 17.8. The minimum atomic E-state index is -0.245. The highest BCUT2D eigenvalue weighted by molar-refractivity contribution is 5.78. The van der Waals surface area contributed by atoms with E-state index in [1.54, 1.807) is 12.1 Å². The van der Waals surface area contributed by atoms with Gasteiger partial charge in [0.1, 0.15) is 0 Å². The van der Waals surface area contributed by atoms with Gasteiger partial charge < -0.3 is 20.1 Å². The first-order chi connectivity index (χ1) is 10.5. The fourth-order valence-electron chi connectivity index (χ4n) is 1.63. The van der Waals surface area contributed by atoms with Gasteiger partial charge in [-0.3, -0.25) is 9.59 Å². The van der Waals surface area contributed by atoms with Gasteiger partial charge in [0.15, 0.2) is 18.1 Å². The molecule has 2 amide bonds. The summed E-state index contributed by atoms with van der Waals surface area (Å²) in [6, 6.07) is 7.20. The molecule has 0 saturated carbocycles. The molecule has 1 rings (SSSR count). The van der Waals surface area contributed by atoms with Crippen molar-refractivity contribution in [3.63, 3.8) is 0 Å². The highest BCUT2D eigenvalue weighted by Gasteiger charge is 2.08. The molecule has 0 bridgehead atoms. The van der Waals surface area contributed by atoms with E-state index in [4.69, 9.17) is 9.47 Å². The summed E-state index contributed by atoms with van der Waals surface area (Å²) >= 11 is 0. The van der Waals surface area contributed by atoms with E-state index >= 15 is 0 Å². The summed E-state index contributed by atoms with van der Waals surface area (Å²) in [6.07, 6.45) is 0. The Morgan fingerprint density at radius 2 is 1.64 bits per heavy atom. The zero-order chi connectivity index (χ0) is 16.4. The van der Waals surface area contributed by atoms with Gasteiger partial charge in [-0.1, -0.05) is 26.0 Å². The first-order valence-corrected chi connectivity index (χ1v) is 7.43. The van der Waals surface area contributed by atoms with E-state index in [1.807, 2.05) is 32.9 Å². The monoisotopic (exact) mass is 308 g/mol. The number of para-hydroxylation sites is 2. The van der Waals surface area contributed by atoms with Crippen molar-refractivity contribution in [3.8, 4) is 11.5 Å². The number of amides is 2. The zero-order valence-corrected chi connectivity index (χ0v) is 13.3. The van der Waals surface area contributed by atoms with Crippen molar-refractivity contribution >= 4 is 11.8 Å². The van der Waals surface area contributed by atoms with Gasteiger partial charge in [0.25, 0.3) is 5.91 Å². The summed E-state index contributed by atoms with van der Waals surface area (Å²) in [5, 5.41) is 5.40. The van der Waals surface area contributed by atoms with Crippen molar-refractivity contribution in [2.75, 3.05) is 26.3 Å². The number of ether oxygens (including phenoxy) is 2. The second-order valence-electron chi connectivity index (χ2n) is 4.96. The second kappa shape index (κ2) is 9.65. The van der Waals surface area contributed by atoms with E-state index < -0.39 is 0 Å². The highest BCUT2D eigenvalue weighted by atomic mass is 16.5. The van der Waals surface area contributed by atoms with Gasteiger partial charge in [-0.2, -0.15) is 0 Å². The van der Waals surface area contributed by atoms with Crippen molar-refractivity contribution in [2.45, 2.75) is 20.8 Å². The number of nitrogens with one attached hydrogen (secondary N) is 2. The van der Waals surface area contributed by atoms with E-state index in [1.165, 1.54) is 0 Å². The normalized spacial score (nSPS) is 10.2. The molecule has 0 spiro atoms. The Balaban J connectivity index is 2.27. The molecule has 0 heterocycles. The number of hydrogen-bond donors (Lipinski definition) is 2. The maximum Gasteiger partial charge on any atom is 0.258 e. The molecule has 0 saturated heterocycles. The predicted octanol–water partition coefficient (Wildman–Crippen LogP) is 1.35. The van der Waals surface area contributed by atoms with Gasteiger partial charge in [-0.25, -0.2) is 0 Å². The van der Waals surface area contributed by atoms with E-state index in [0.29, 0.717) is 31.2 Å². The third-order valence-corrected chi connectivity index (χ3v) is 2.78. The first-order valence-electron chi connectivity index (χ1n) is 7.43. The molecule has 0 radical (unpaired) electrons. The summed E-state index contributed by atoms with van der Waals surface area (Å²) in [4.78, 5) is 23.0. The van der Waals surface area contributed by atoms with Crippen LogP contribution >= 0.6 is 0 Å². The minimum Gasteiger partial charge on any atom is -0.490 e. The molecule has 2 N–H and O–H groups in total. The summed E-state index contributed by atoms with van der Waals surface area (Å²) in [7, 11) is 0. The molecule has 1 aromatic carbocycles. The van der Waals surface area contributed by atoms with Crippen LogP contribution in [-0.4, -0.2) is 38.1 Å². The smallest absolute Gasteiger partial charge is 0.258 e. The van der Waals surface area contributed by atoms with Crippen LogP contribution < -0.4 is 20.1 Å². The van der Waals surface area contributed by atoms with E-state index in [9.17, 15) is 9.59 Å². The van der Waals surface area contributed by atoms with Crippen LogP contribution in [0.5, 0.6) is 11.5 Å². The van der Waals surface area contributed by atoms with Gasteiger partial charge in [0.05, 0.1) is 6.61 Å². The molecule has 0 atom stereocenters. The van der Waals surface area contributed by atoms with Crippen molar-refractivity contribution in [1.82, 2.24) is 10.6 Å². The molecular formula is C16H24N2O4. The van der Waals surface area contributed by atoms with Crippen LogP contribution in [-0.2, 0) is 9.59 Å². The SMILES string of the molecule is CCOc1ccccc1OCC(=O)NCCNC(=O)C(C)C. The van der Waals surface area contributed by atoms with E-state index in [0.717, 1.165) is 0 Å². The van der Waals surface area contributed by atoms with Crippen LogP contribution in [0, 0.1) is 5.92 Å². The molecule has 1 aromatic rings. The van der Waals surface area contributed by atoms with Crippen LogP contribution in [0.1, 0.15) is 20.8 Å². The Bertz CT molecular complexity index is 489. The lowest BCUT2D eigenvalue weighted by molar-refractivity contribution is -0.125. The Morgan fingerprint density at radius 1 is 1.05 bits per heavy atom. The molecule has 22 heavy (non-hydrogen) atoms. The number of benzene rings is 1. The van der Waals surface area contributed by atoms with E-state index in [-0.39, 0.29) is 24.3 Å². The molecule has 0 aliphatic heterocycles. The lowest BCUT2D eigenvalue weighted by Crippen LogP contribution is -2.38. The third kappa shape index (κ3) is 6.47. The molecule has 0 aliphatic carbocycles. The molecule has 0 aliphatic rings. The van der Waals surface area contributed by atoms with Crippen LogP contribution in [0.3, 0.4) is 0 Å². The van der Waals surface area contributed by atoms with Crippen molar-refractivity contribution < 1.29 is 19.1 Å². The van der Waals surface area contributed by atoms with Gasteiger partial charge in [0, 0.05) is 19.0 Å². The largest absolute Gasteiger partial charge is 0.490 e. The quantitative estimate of drug-likeness (QED) is 0.675. The lowest BCUT2D eigenvalue weighted by atomic mass is 10.2. The number of rotatable bonds is 9. The maximum absolute atomic E-state index is 11.7. The predicted molar refractivity (Wildman–Crippen MR) is 84.0 cm³/mol. The molecular weight excluding hydrogens is 284 g/mol. The average molecular weight is 308 g/mol.